The summed E-state index contributed by atoms with van der Waals surface area (Å²) in [6, 6.07) is 17.8. The van der Waals surface area contributed by atoms with E-state index >= 15 is 0 Å². The molecule has 7 heteroatoms. The quantitative estimate of drug-likeness (QED) is 0.328. The van der Waals surface area contributed by atoms with Gasteiger partial charge in [-0.15, -0.1) is 11.8 Å². The van der Waals surface area contributed by atoms with Crippen LogP contribution in [0.3, 0.4) is 0 Å². The van der Waals surface area contributed by atoms with Crippen molar-refractivity contribution >= 4 is 44.4 Å². The number of nitrogens with zero attached hydrogens (tertiary/aromatic N) is 3. The number of carbonyl (C=O) groups excluding carboxylic acids is 1. The Bertz CT molecular complexity index is 1160. The predicted molar refractivity (Wildman–Crippen MR) is 128 cm³/mol. The highest BCUT2D eigenvalue weighted by atomic mass is 32.2. The Morgan fingerprint density at radius 3 is 2.55 bits per heavy atom. The molecule has 2 heterocycles. The monoisotopic (exact) mass is 449 g/mol. The van der Waals surface area contributed by atoms with Crippen molar-refractivity contribution in [3.63, 3.8) is 0 Å². The molecule has 0 N–H and O–H groups in total. The molecular formula is C24H23N3O2S2. The molecule has 2 aromatic heterocycles. The largest absolute Gasteiger partial charge is 0.497 e. The van der Waals surface area contributed by atoms with Crippen LogP contribution in [-0.4, -0.2) is 28.7 Å². The summed E-state index contributed by atoms with van der Waals surface area (Å²) in [5, 5.41) is 0.684. The Labute approximate surface area is 190 Å². The van der Waals surface area contributed by atoms with E-state index in [4.69, 9.17) is 9.72 Å². The van der Waals surface area contributed by atoms with Crippen LogP contribution in [0.2, 0.25) is 0 Å². The van der Waals surface area contributed by atoms with Gasteiger partial charge in [-0.05, 0) is 59.3 Å². The Morgan fingerprint density at radius 1 is 1.06 bits per heavy atom. The zero-order valence-corrected chi connectivity index (χ0v) is 19.1. The Balaban J connectivity index is 1.62. The fraction of sp³-hybridized carbons (Fsp3) is 0.208. The van der Waals surface area contributed by atoms with Gasteiger partial charge in [-0.2, -0.15) is 0 Å². The standard InChI is InChI=1S/C24H23N3O2S2/c1-3-30-20-7-4-17(5-8-20)14-23(28)27(16-18-10-12-25-13-11-18)24-26-21-9-6-19(29-2)15-22(21)31-24/h4-13,15H,3,14,16H2,1-2H3. The molecule has 0 aliphatic rings. The van der Waals surface area contributed by atoms with E-state index in [0.29, 0.717) is 18.1 Å². The maximum atomic E-state index is 13.4. The van der Waals surface area contributed by atoms with Crippen LogP contribution in [0.4, 0.5) is 5.13 Å². The average molecular weight is 450 g/mol. The van der Waals surface area contributed by atoms with E-state index in [1.54, 1.807) is 36.2 Å². The number of carbonyl (C=O) groups is 1. The number of ether oxygens (including phenoxy) is 1. The van der Waals surface area contributed by atoms with Gasteiger partial charge in [0.05, 0.1) is 30.3 Å². The summed E-state index contributed by atoms with van der Waals surface area (Å²) in [4.78, 5) is 25.2. The van der Waals surface area contributed by atoms with Crippen LogP contribution in [0.15, 0.2) is 71.9 Å². The molecule has 0 aliphatic heterocycles. The normalized spacial score (nSPS) is 10.9. The van der Waals surface area contributed by atoms with Crippen molar-refractivity contribution in [2.75, 3.05) is 17.8 Å². The lowest BCUT2D eigenvalue weighted by molar-refractivity contribution is -0.118. The summed E-state index contributed by atoms with van der Waals surface area (Å²) in [7, 11) is 1.65. The fourth-order valence-corrected chi connectivity index (χ4v) is 4.88. The summed E-state index contributed by atoms with van der Waals surface area (Å²) in [5.41, 5.74) is 2.86. The lowest BCUT2D eigenvalue weighted by Gasteiger charge is -2.20. The number of hydrogen-bond acceptors (Lipinski definition) is 6. The number of hydrogen-bond donors (Lipinski definition) is 0. The van der Waals surface area contributed by atoms with Crippen LogP contribution in [0.1, 0.15) is 18.1 Å². The van der Waals surface area contributed by atoms with Gasteiger partial charge < -0.3 is 4.74 Å². The second-order valence-corrected chi connectivity index (χ2v) is 9.27. The zero-order valence-electron chi connectivity index (χ0n) is 17.4. The second kappa shape index (κ2) is 9.94. The summed E-state index contributed by atoms with van der Waals surface area (Å²) in [5.74, 6) is 1.82. The van der Waals surface area contributed by atoms with Gasteiger partial charge in [-0.1, -0.05) is 30.4 Å². The van der Waals surface area contributed by atoms with Crippen LogP contribution in [0.25, 0.3) is 10.2 Å². The third-order valence-electron chi connectivity index (χ3n) is 4.80. The SMILES string of the molecule is CCSc1ccc(CC(=O)N(Cc2ccncc2)c2nc3ccc(OC)cc3s2)cc1. The number of thiazole rings is 1. The van der Waals surface area contributed by atoms with Gasteiger partial charge in [-0.3, -0.25) is 14.7 Å². The van der Waals surface area contributed by atoms with E-state index in [1.165, 1.54) is 16.2 Å². The Hall–Kier alpha value is -2.90. The molecule has 0 spiro atoms. The third kappa shape index (κ3) is 5.24. The van der Waals surface area contributed by atoms with Gasteiger partial charge in [-0.25, -0.2) is 4.98 Å². The highest BCUT2D eigenvalue weighted by molar-refractivity contribution is 7.99. The number of pyridine rings is 1. The zero-order chi connectivity index (χ0) is 21.6. The maximum absolute atomic E-state index is 13.4. The molecule has 4 rings (SSSR count). The van der Waals surface area contributed by atoms with E-state index < -0.39 is 0 Å². The predicted octanol–water partition coefficient (Wildman–Crippen LogP) is 5.59. The summed E-state index contributed by atoms with van der Waals surface area (Å²) >= 11 is 3.29. The molecule has 0 saturated carbocycles. The van der Waals surface area contributed by atoms with Crippen molar-refractivity contribution in [3.8, 4) is 5.75 Å². The molecule has 1 amide bonds. The summed E-state index contributed by atoms with van der Waals surface area (Å²) < 4.78 is 6.32. The van der Waals surface area contributed by atoms with Crippen LogP contribution >= 0.6 is 23.1 Å². The molecule has 0 saturated heterocycles. The smallest absolute Gasteiger partial charge is 0.233 e. The van der Waals surface area contributed by atoms with Crippen LogP contribution in [0.5, 0.6) is 5.75 Å². The first-order valence-electron chi connectivity index (χ1n) is 10.0. The Kier molecular flexibility index (Phi) is 6.84. The van der Waals surface area contributed by atoms with E-state index in [2.05, 4.69) is 24.0 Å². The summed E-state index contributed by atoms with van der Waals surface area (Å²) in [6.45, 7) is 2.58. The van der Waals surface area contributed by atoms with Crippen molar-refractivity contribution in [2.24, 2.45) is 0 Å². The number of aromatic nitrogens is 2. The highest BCUT2D eigenvalue weighted by Crippen LogP contribution is 2.32. The maximum Gasteiger partial charge on any atom is 0.233 e. The molecule has 5 nitrogen and oxygen atoms in total. The third-order valence-corrected chi connectivity index (χ3v) is 6.73. The molecular weight excluding hydrogens is 426 g/mol. The van der Waals surface area contributed by atoms with Crippen molar-refractivity contribution in [1.29, 1.82) is 0 Å². The molecule has 0 atom stereocenters. The minimum Gasteiger partial charge on any atom is -0.497 e. The van der Waals surface area contributed by atoms with Gasteiger partial charge in [0, 0.05) is 17.3 Å². The minimum atomic E-state index is 0.0127. The van der Waals surface area contributed by atoms with Gasteiger partial charge in [0.2, 0.25) is 5.91 Å². The van der Waals surface area contributed by atoms with Crippen LogP contribution in [-0.2, 0) is 17.8 Å². The average Bonchev–Trinajstić information content (AvgIpc) is 3.22. The lowest BCUT2D eigenvalue weighted by atomic mass is 10.1. The lowest BCUT2D eigenvalue weighted by Crippen LogP contribution is -2.31. The van der Waals surface area contributed by atoms with E-state index in [1.807, 2.05) is 42.5 Å². The molecule has 31 heavy (non-hydrogen) atoms. The topological polar surface area (TPSA) is 55.3 Å². The van der Waals surface area contributed by atoms with E-state index in [0.717, 1.165) is 32.8 Å². The molecule has 4 aromatic rings. The molecule has 2 aromatic carbocycles. The minimum absolute atomic E-state index is 0.0127. The molecule has 158 valence electrons. The van der Waals surface area contributed by atoms with Crippen molar-refractivity contribution in [1.82, 2.24) is 9.97 Å². The van der Waals surface area contributed by atoms with Gasteiger partial charge in [0.15, 0.2) is 5.13 Å². The van der Waals surface area contributed by atoms with E-state index in [-0.39, 0.29) is 5.91 Å². The number of anilines is 1. The van der Waals surface area contributed by atoms with Gasteiger partial charge in [0.25, 0.3) is 0 Å². The second-order valence-electron chi connectivity index (χ2n) is 6.92. The van der Waals surface area contributed by atoms with Gasteiger partial charge in [0.1, 0.15) is 5.75 Å². The number of benzene rings is 2. The number of methoxy groups -OCH3 is 1. The first-order valence-corrected chi connectivity index (χ1v) is 11.8. The van der Waals surface area contributed by atoms with Crippen molar-refractivity contribution in [3.05, 3.63) is 78.1 Å². The van der Waals surface area contributed by atoms with E-state index in [9.17, 15) is 4.79 Å². The number of amides is 1. The number of rotatable bonds is 8. The Morgan fingerprint density at radius 2 is 1.84 bits per heavy atom. The van der Waals surface area contributed by atoms with Gasteiger partial charge >= 0.3 is 0 Å². The van der Waals surface area contributed by atoms with Crippen molar-refractivity contribution < 1.29 is 9.53 Å². The highest BCUT2D eigenvalue weighted by Gasteiger charge is 2.21. The molecule has 0 unspecified atom stereocenters. The molecule has 0 aliphatic carbocycles. The van der Waals surface area contributed by atoms with Crippen LogP contribution < -0.4 is 9.64 Å². The van der Waals surface area contributed by atoms with Crippen LogP contribution in [0, 0.1) is 0 Å². The van der Waals surface area contributed by atoms with Crippen molar-refractivity contribution in [2.45, 2.75) is 24.8 Å². The number of fused-ring (bicyclic) bond motifs is 1. The first-order chi connectivity index (χ1) is 15.2. The first kappa shape index (κ1) is 21.3. The summed E-state index contributed by atoms with van der Waals surface area (Å²) in [6.07, 6.45) is 3.80. The fourth-order valence-electron chi connectivity index (χ4n) is 3.21. The molecule has 0 fully saturated rings. The molecule has 0 bridgehead atoms. The molecule has 0 radical (unpaired) electrons. The number of thioether (sulfide) groups is 1.